The minimum absolute atomic E-state index is 0.294. The normalized spacial score (nSPS) is 9.90. The van der Waals surface area contributed by atoms with Gasteiger partial charge in [-0.1, -0.05) is 28.1 Å². The second-order valence-electron chi connectivity index (χ2n) is 4.04. The average Bonchev–Trinajstić information content (AvgIpc) is 2.47. The van der Waals surface area contributed by atoms with Crippen molar-refractivity contribution in [3.05, 3.63) is 58.1 Å². The molecule has 2 rings (SSSR count). The summed E-state index contributed by atoms with van der Waals surface area (Å²) in [4.78, 5) is 22.9. The highest BCUT2D eigenvalue weighted by Crippen LogP contribution is 2.24. The number of hydrogen-bond donors (Lipinski definition) is 1. The number of aldehydes is 1. The summed E-state index contributed by atoms with van der Waals surface area (Å²) in [7, 11) is 1.51. The maximum atomic E-state index is 12.2. The van der Waals surface area contributed by atoms with Crippen molar-refractivity contribution < 1.29 is 14.3 Å². The molecule has 0 saturated heterocycles. The van der Waals surface area contributed by atoms with Crippen LogP contribution in [0.3, 0.4) is 0 Å². The first-order valence-electron chi connectivity index (χ1n) is 5.84. The number of hydrogen-bond acceptors (Lipinski definition) is 3. The summed E-state index contributed by atoms with van der Waals surface area (Å²) in [6.45, 7) is 0. The van der Waals surface area contributed by atoms with Gasteiger partial charge < -0.3 is 10.1 Å². The summed E-state index contributed by atoms with van der Waals surface area (Å²) in [6.07, 6.45) is 0.732. The number of rotatable bonds is 4. The highest BCUT2D eigenvalue weighted by atomic mass is 79.9. The topological polar surface area (TPSA) is 55.4 Å². The molecule has 0 radical (unpaired) electrons. The zero-order valence-corrected chi connectivity index (χ0v) is 12.3. The number of amides is 1. The molecule has 5 heteroatoms. The largest absolute Gasteiger partial charge is 0.496 e. The van der Waals surface area contributed by atoms with Crippen molar-refractivity contribution in [1.82, 2.24) is 0 Å². The molecule has 4 nitrogen and oxygen atoms in total. The summed E-state index contributed by atoms with van der Waals surface area (Å²) in [5.74, 6) is 0.181. The van der Waals surface area contributed by atoms with Crippen molar-refractivity contribution in [2.24, 2.45) is 0 Å². The van der Waals surface area contributed by atoms with Gasteiger partial charge in [-0.25, -0.2) is 0 Å². The predicted molar refractivity (Wildman–Crippen MR) is 80.5 cm³/mol. The lowest BCUT2D eigenvalue weighted by atomic mass is 10.1. The van der Waals surface area contributed by atoms with E-state index in [2.05, 4.69) is 21.2 Å². The van der Waals surface area contributed by atoms with Gasteiger partial charge in [0, 0.05) is 15.7 Å². The molecular formula is C15H12BrNO3. The molecule has 0 fully saturated rings. The van der Waals surface area contributed by atoms with Crippen LogP contribution in [0.2, 0.25) is 0 Å². The summed E-state index contributed by atoms with van der Waals surface area (Å²) in [5, 5.41) is 2.73. The number of nitrogens with one attached hydrogen (secondary N) is 1. The SMILES string of the molecule is COc1cc(Br)ccc1C(=O)Nc1cccc(C=O)c1. The van der Waals surface area contributed by atoms with Gasteiger partial charge in [0.1, 0.15) is 12.0 Å². The molecule has 2 aromatic carbocycles. The summed E-state index contributed by atoms with van der Waals surface area (Å²) in [6, 6.07) is 11.9. The Kier molecular flexibility index (Phi) is 4.53. The molecule has 0 unspecified atom stereocenters. The van der Waals surface area contributed by atoms with E-state index in [0.717, 1.165) is 10.8 Å². The summed E-state index contributed by atoms with van der Waals surface area (Å²) in [5.41, 5.74) is 1.49. The second kappa shape index (κ2) is 6.34. The number of anilines is 1. The van der Waals surface area contributed by atoms with Crippen LogP contribution in [0.15, 0.2) is 46.9 Å². The Hall–Kier alpha value is -2.14. The first-order valence-corrected chi connectivity index (χ1v) is 6.63. The molecule has 20 heavy (non-hydrogen) atoms. The van der Waals surface area contributed by atoms with Gasteiger partial charge in [-0.15, -0.1) is 0 Å². The Morgan fingerprint density at radius 2 is 2.05 bits per heavy atom. The smallest absolute Gasteiger partial charge is 0.259 e. The van der Waals surface area contributed by atoms with E-state index in [-0.39, 0.29) is 5.91 Å². The van der Waals surface area contributed by atoms with Gasteiger partial charge in [0.2, 0.25) is 0 Å². The number of carbonyl (C=O) groups is 2. The fraction of sp³-hybridized carbons (Fsp3) is 0.0667. The number of carbonyl (C=O) groups excluding carboxylic acids is 2. The van der Waals surface area contributed by atoms with E-state index in [1.807, 2.05) is 0 Å². The third-order valence-corrected chi connectivity index (χ3v) is 3.18. The first-order chi connectivity index (χ1) is 9.63. The summed E-state index contributed by atoms with van der Waals surface area (Å²) < 4.78 is 6.01. The van der Waals surface area contributed by atoms with Gasteiger partial charge >= 0.3 is 0 Å². The van der Waals surface area contributed by atoms with E-state index in [9.17, 15) is 9.59 Å². The number of halogens is 1. The Bertz CT molecular complexity index is 655. The van der Waals surface area contributed by atoms with E-state index >= 15 is 0 Å². The highest BCUT2D eigenvalue weighted by Gasteiger charge is 2.12. The second-order valence-corrected chi connectivity index (χ2v) is 4.96. The van der Waals surface area contributed by atoms with Crippen LogP contribution in [0.4, 0.5) is 5.69 Å². The first kappa shape index (κ1) is 14.3. The van der Waals surface area contributed by atoms with E-state index in [0.29, 0.717) is 22.6 Å². The summed E-state index contributed by atoms with van der Waals surface area (Å²) >= 11 is 3.32. The van der Waals surface area contributed by atoms with Crippen LogP contribution in [-0.2, 0) is 0 Å². The fourth-order valence-corrected chi connectivity index (χ4v) is 2.08. The third-order valence-electron chi connectivity index (χ3n) is 2.69. The van der Waals surface area contributed by atoms with E-state index in [1.54, 1.807) is 42.5 Å². The van der Waals surface area contributed by atoms with Crippen LogP contribution >= 0.6 is 15.9 Å². The molecule has 1 N–H and O–H groups in total. The minimum Gasteiger partial charge on any atom is -0.496 e. The molecule has 0 heterocycles. The average molecular weight is 334 g/mol. The van der Waals surface area contributed by atoms with Crippen molar-refractivity contribution in [2.75, 3.05) is 12.4 Å². The predicted octanol–water partition coefficient (Wildman–Crippen LogP) is 3.52. The van der Waals surface area contributed by atoms with E-state index in [1.165, 1.54) is 7.11 Å². The number of methoxy groups -OCH3 is 1. The van der Waals surface area contributed by atoms with Crippen molar-refractivity contribution in [2.45, 2.75) is 0 Å². The molecule has 1 amide bonds. The van der Waals surface area contributed by atoms with Crippen molar-refractivity contribution in [3.63, 3.8) is 0 Å². The molecule has 0 aliphatic rings. The Morgan fingerprint density at radius 1 is 1.25 bits per heavy atom. The Morgan fingerprint density at radius 3 is 2.75 bits per heavy atom. The van der Waals surface area contributed by atoms with Gasteiger partial charge in [-0.3, -0.25) is 9.59 Å². The standard InChI is InChI=1S/C15H12BrNO3/c1-20-14-8-11(16)5-6-13(14)15(19)17-12-4-2-3-10(7-12)9-18/h2-9H,1H3,(H,17,19). The van der Waals surface area contributed by atoms with Crippen molar-refractivity contribution >= 4 is 33.8 Å². The van der Waals surface area contributed by atoms with Crippen LogP contribution in [0.1, 0.15) is 20.7 Å². The van der Waals surface area contributed by atoms with Crippen LogP contribution < -0.4 is 10.1 Å². The molecule has 0 saturated carbocycles. The van der Waals surface area contributed by atoms with Crippen molar-refractivity contribution in [1.29, 1.82) is 0 Å². The van der Waals surface area contributed by atoms with E-state index in [4.69, 9.17) is 4.74 Å². The molecule has 0 aromatic heterocycles. The molecule has 0 spiro atoms. The Balaban J connectivity index is 2.25. The van der Waals surface area contributed by atoms with Gasteiger partial charge in [0.15, 0.2) is 0 Å². The molecular weight excluding hydrogens is 322 g/mol. The van der Waals surface area contributed by atoms with E-state index < -0.39 is 0 Å². The molecule has 0 bridgehead atoms. The zero-order valence-electron chi connectivity index (χ0n) is 10.7. The van der Waals surface area contributed by atoms with Crippen LogP contribution in [0.25, 0.3) is 0 Å². The maximum Gasteiger partial charge on any atom is 0.259 e. The van der Waals surface area contributed by atoms with Gasteiger partial charge in [-0.2, -0.15) is 0 Å². The lowest BCUT2D eigenvalue weighted by molar-refractivity contribution is 0.102. The number of ether oxygens (including phenoxy) is 1. The van der Waals surface area contributed by atoms with Gasteiger partial charge in [-0.05, 0) is 30.3 Å². The van der Waals surface area contributed by atoms with Gasteiger partial charge in [0.05, 0.1) is 12.7 Å². The van der Waals surface area contributed by atoms with Crippen LogP contribution in [0.5, 0.6) is 5.75 Å². The molecule has 0 aliphatic heterocycles. The lowest BCUT2D eigenvalue weighted by Crippen LogP contribution is -2.13. The minimum atomic E-state index is -0.294. The Labute approximate surface area is 124 Å². The fourth-order valence-electron chi connectivity index (χ4n) is 1.74. The lowest BCUT2D eigenvalue weighted by Gasteiger charge is -2.10. The van der Waals surface area contributed by atoms with Crippen LogP contribution in [0, 0.1) is 0 Å². The third kappa shape index (κ3) is 3.24. The molecule has 102 valence electrons. The monoisotopic (exact) mass is 333 g/mol. The zero-order chi connectivity index (χ0) is 14.5. The molecule has 2 aromatic rings. The van der Waals surface area contributed by atoms with Crippen molar-refractivity contribution in [3.8, 4) is 5.75 Å². The van der Waals surface area contributed by atoms with Gasteiger partial charge in [0.25, 0.3) is 5.91 Å². The number of benzene rings is 2. The highest BCUT2D eigenvalue weighted by molar-refractivity contribution is 9.10. The van der Waals surface area contributed by atoms with Crippen LogP contribution in [-0.4, -0.2) is 19.3 Å². The quantitative estimate of drug-likeness (QED) is 0.871. The molecule has 0 atom stereocenters. The molecule has 0 aliphatic carbocycles. The maximum absolute atomic E-state index is 12.2.